The third-order valence-electron chi connectivity index (χ3n) is 4.10. The van der Waals surface area contributed by atoms with Crippen LogP contribution >= 0.6 is 0 Å². The van der Waals surface area contributed by atoms with Crippen LogP contribution in [-0.4, -0.2) is 36.0 Å². The van der Waals surface area contributed by atoms with Crippen LogP contribution in [0.4, 0.5) is 5.69 Å². The maximum absolute atomic E-state index is 12.7. The van der Waals surface area contributed by atoms with Crippen LogP contribution in [0, 0.1) is 0 Å². The van der Waals surface area contributed by atoms with Crippen molar-refractivity contribution in [2.24, 2.45) is 0 Å². The second-order valence-electron chi connectivity index (χ2n) is 5.41. The molecule has 2 aliphatic rings. The molecule has 2 heterocycles. The molecule has 1 aromatic carbocycles. The lowest BCUT2D eigenvalue weighted by molar-refractivity contribution is 0.0769. The van der Waals surface area contributed by atoms with Gasteiger partial charge in [-0.1, -0.05) is 0 Å². The van der Waals surface area contributed by atoms with Gasteiger partial charge >= 0.3 is 0 Å². The number of piperidine rings is 1. The monoisotopic (exact) mass is 282 g/mol. The van der Waals surface area contributed by atoms with E-state index >= 15 is 0 Å². The van der Waals surface area contributed by atoms with Gasteiger partial charge in [-0.2, -0.15) is 4.31 Å². The number of nitrogens with two attached hydrogens (primary N) is 1. The van der Waals surface area contributed by atoms with E-state index in [9.17, 15) is 13.5 Å². The largest absolute Gasteiger partial charge is 0.399 e. The highest BCUT2D eigenvalue weighted by Gasteiger charge is 2.46. The highest BCUT2D eigenvalue weighted by molar-refractivity contribution is 7.89. The zero-order chi connectivity index (χ0) is 13.6. The average molecular weight is 282 g/mol. The van der Waals surface area contributed by atoms with Crippen molar-refractivity contribution in [3.63, 3.8) is 0 Å². The fourth-order valence-corrected chi connectivity index (χ4v) is 5.15. The van der Waals surface area contributed by atoms with Crippen LogP contribution in [0.3, 0.4) is 0 Å². The quantitative estimate of drug-likeness (QED) is 0.791. The number of hydrogen-bond donors (Lipinski definition) is 2. The Hall–Kier alpha value is -1.11. The van der Waals surface area contributed by atoms with E-state index in [1.165, 1.54) is 0 Å². The second kappa shape index (κ2) is 4.47. The molecule has 19 heavy (non-hydrogen) atoms. The van der Waals surface area contributed by atoms with Crippen LogP contribution in [0.25, 0.3) is 0 Å². The van der Waals surface area contributed by atoms with Gasteiger partial charge in [-0.3, -0.25) is 0 Å². The number of fused-ring (bicyclic) bond motifs is 2. The summed E-state index contributed by atoms with van der Waals surface area (Å²) in [5.41, 5.74) is 6.14. The van der Waals surface area contributed by atoms with Crippen LogP contribution < -0.4 is 5.73 Å². The summed E-state index contributed by atoms with van der Waals surface area (Å²) >= 11 is 0. The van der Waals surface area contributed by atoms with Crippen molar-refractivity contribution in [2.45, 2.75) is 48.8 Å². The Morgan fingerprint density at radius 3 is 2.16 bits per heavy atom. The highest BCUT2D eigenvalue weighted by Crippen LogP contribution is 2.39. The number of hydrogen-bond acceptors (Lipinski definition) is 4. The van der Waals surface area contributed by atoms with Crippen LogP contribution in [0.2, 0.25) is 0 Å². The lowest BCUT2D eigenvalue weighted by Gasteiger charge is -2.36. The molecule has 0 radical (unpaired) electrons. The topological polar surface area (TPSA) is 83.6 Å². The zero-order valence-corrected chi connectivity index (χ0v) is 11.4. The number of anilines is 1. The summed E-state index contributed by atoms with van der Waals surface area (Å²) in [6, 6.07) is 6.19. The average Bonchev–Trinajstić information content (AvgIpc) is 2.64. The SMILES string of the molecule is Nc1ccc(S(=O)(=O)N2C3CCC2CC(O)C3)cc1. The Kier molecular flexibility index (Phi) is 3.03. The molecule has 3 rings (SSSR count). The van der Waals surface area contributed by atoms with Gasteiger partial charge in [0.15, 0.2) is 0 Å². The van der Waals surface area contributed by atoms with E-state index < -0.39 is 10.0 Å². The summed E-state index contributed by atoms with van der Waals surface area (Å²) < 4.78 is 26.9. The number of rotatable bonds is 2. The van der Waals surface area contributed by atoms with E-state index in [1.54, 1.807) is 28.6 Å². The fraction of sp³-hybridized carbons (Fsp3) is 0.538. The summed E-state index contributed by atoms with van der Waals surface area (Å²) in [5, 5.41) is 9.74. The standard InChI is InChI=1S/C13H18N2O3S/c14-9-1-5-13(6-2-9)19(17,18)15-10-3-4-11(15)8-12(16)7-10/h1-2,5-6,10-12,16H,3-4,7-8,14H2. The molecular formula is C13H18N2O3S. The minimum Gasteiger partial charge on any atom is -0.399 e. The second-order valence-corrected chi connectivity index (χ2v) is 7.26. The van der Waals surface area contributed by atoms with Crippen LogP contribution in [0.1, 0.15) is 25.7 Å². The number of nitrogens with zero attached hydrogens (tertiary/aromatic N) is 1. The van der Waals surface area contributed by atoms with Crippen LogP contribution in [0.15, 0.2) is 29.2 Å². The molecule has 1 aromatic rings. The van der Waals surface area contributed by atoms with Crippen molar-refractivity contribution in [1.29, 1.82) is 0 Å². The Morgan fingerprint density at radius 2 is 1.63 bits per heavy atom. The maximum Gasteiger partial charge on any atom is 0.243 e. The van der Waals surface area contributed by atoms with E-state index in [2.05, 4.69) is 0 Å². The number of benzene rings is 1. The molecule has 0 aliphatic carbocycles. The molecule has 2 atom stereocenters. The molecule has 2 saturated heterocycles. The third kappa shape index (κ3) is 2.13. The van der Waals surface area contributed by atoms with E-state index in [1.807, 2.05) is 0 Å². The Morgan fingerprint density at radius 1 is 1.11 bits per heavy atom. The van der Waals surface area contributed by atoms with Crippen molar-refractivity contribution >= 4 is 15.7 Å². The Labute approximate surface area is 113 Å². The molecule has 0 aromatic heterocycles. The van der Waals surface area contributed by atoms with E-state index in [0.717, 1.165) is 12.8 Å². The lowest BCUT2D eigenvalue weighted by Crippen LogP contribution is -2.47. The van der Waals surface area contributed by atoms with Crippen molar-refractivity contribution in [1.82, 2.24) is 4.31 Å². The normalized spacial score (nSPS) is 31.5. The maximum atomic E-state index is 12.7. The molecule has 5 nitrogen and oxygen atoms in total. The van der Waals surface area contributed by atoms with Gasteiger partial charge in [-0.05, 0) is 49.9 Å². The first kappa shape index (κ1) is 12.9. The first-order valence-corrected chi connectivity index (χ1v) is 7.99. The molecule has 3 N–H and O–H groups in total. The number of sulfonamides is 1. The number of aliphatic hydroxyl groups is 1. The number of nitrogen functional groups attached to an aromatic ring is 1. The summed E-state index contributed by atoms with van der Waals surface area (Å²) in [7, 11) is -3.47. The van der Waals surface area contributed by atoms with Crippen LogP contribution in [0.5, 0.6) is 0 Å². The van der Waals surface area contributed by atoms with Gasteiger partial charge in [0.05, 0.1) is 11.0 Å². The van der Waals surface area contributed by atoms with E-state index in [0.29, 0.717) is 18.5 Å². The smallest absolute Gasteiger partial charge is 0.243 e. The summed E-state index contributed by atoms with van der Waals surface area (Å²) in [6.45, 7) is 0. The Bertz CT molecular complexity index is 556. The molecule has 104 valence electrons. The molecule has 2 unspecified atom stereocenters. The predicted octanol–water partition coefficient (Wildman–Crippen LogP) is 0.945. The van der Waals surface area contributed by atoms with Gasteiger partial charge in [0, 0.05) is 17.8 Å². The van der Waals surface area contributed by atoms with Crippen LogP contribution in [-0.2, 0) is 10.0 Å². The van der Waals surface area contributed by atoms with Crippen molar-refractivity contribution < 1.29 is 13.5 Å². The zero-order valence-electron chi connectivity index (χ0n) is 10.6. The van der Waals surface area contributed by atoms with Crippen molar-refractivity contribution in [2.75, 3.05) is 5.73 Å². The molecule has 0 saturated carbocycles. The fourth-order valence-electron chi connectivity index (χ4n) is 3.26. The first-order valence-electron chi connectivity index (χ1n) is 6.55. The van der Waals surface area contributed by atoms with Gasteiger partial charge in [-0.15, -0.1) is 0 Å². The molecule has 2 aliphatic heterocycles. The molecule has 2 bridgehead atoms. The summed E-state index contributed by atoms with van der Waals surface area (Å²) in [4.78, 5) is 0.287. The lowest BCUT2D eigenvalue weighted by atomic mass is 10.0. The van der Waals surface area contributed by atoms with Gasteiger partial charge in [0.2, 0.25) is 10.0 Å². The molecule has 6 heteroatoms. The summed E-state index contributed by atoms with van der Waals surface area (Å²) in [6.07, 6.45) is 2.41. The van der Waals surface area contributed by atoms with Crippen molar-refractivity contribution in [3.05, 3.63) is 24.3 Å². The molecular weight excluding hydrogens is 264 g/mol. The first-order chi connectivity index (χ1) is 8.98. The van der Waals surface area contributed by atoms with E-state index in [4.69, 9.17) is 5.73 Å². The number of aliphatic hydroxyl groups excluding tert-OH is 1. The summed E-state index contributed by atoms with van der Waals surface area (Å²) in [5.74, 6) is 0. The van der Waals surface area contributed by atoms with Gasteiger partial charge < -0.3 is 10.8 Å². The van der Waals surface area contributed by atoms with Gasteiger partial charge in [-0.25, -0.2) is 8.42 Å². The molecule has 2 fully saturated rings. The minimum atomic E-state index is -3.47. The van der Waals surface area contributed by atoms with E-state index in [-0.39, 0.29) is 23.1 Å². The molecule has 0 amide bonds. The van der Waals surface area contributed by atoms with Gasteiger partial charge in [0.25, 0.3) is 0 Å². The van der Waals surface area contributed by atoms with Gasteiger partial charge in [0.1, 0.15) is 0 Å². The Balaban J connectivity index is 1.95. The third-order valence-corrected chi connectivity index (χ3v) is 6.12. The van der Waals surface area contributed by atoms with Crippen molar-refractivity contribution in [3.8, 4) is 0 Å². The molecule has 0 spiro atoms. The highest BCUT2D eigenvalue weighted by atomic mass is 32.2. The minimum absolute atomic E-state index is 0.0590. The predicted molar refractivity (Wildman–Crippen MR) is 71.9 cm³/mol.